The third kappa shape index (κ3) is 5.01. The molecule has 0 aromatic heterocycles. The predicted octanol–water partition coefficient (Wildman–Crippen LogP) is 4.31. The largest absolute Gasteiger partial charge is 0.327 e. The number of aryl methyl sites for hydroxylation is 2. The van der Waals surface area contributed by atoms with Crippen LogP contribution in [0.5, 0.6) is 0 Å². The fourth-order valence-corrected chi connectivity index (χ4v) is 5.36. The summed E-state index contributed by atoms with van der Waals surface area (Å²) < 4.78 is 0. The number of hydrogen-bond acceptors (Lipinski definition) is 1. The van der Waals surface area contributed by atoms with E-state index in [4.69, 9.17) is 5.73 Å². The molecule has 0 unspecified atom stereocenters. The van der Waals surface area contributed by atoms with Crippen LogP contribution in [0, 0.1) is 13.8 Å². The minimum absolute atomic E-state index is 0.163. The summed E-state index contributed by atoms with van der Waals surface area (Å²) in [5, 5.41) is 2.82. The van der Waals surface area contributed by atoms with Crippen molar-refractivity contribution in [3.05, 3.63) is 95.6 Å². The average Bonchev–Trinajstić information content (AvgIpc) is 2.62. The Morgan fingerprint density at radius 1 is 0.720 bits per heavy atom. The van der Waals surface area contributed by atoms with Gasteiger partial charge in [-0.3, -0.25) is 0 Å². The summed E-state index contributed by atoms with van der Waals surface area (Å²) in [6.07, 6.45) is 1.94. The monoisotopic (exact) mass is 347 g/mol. The van der Waals surface area contributed by atoms with Crippen LogP contribution in [0.4, 0.5) is 0 Å². The van der Waals surface area contributed by atoms with E-state index >= 15 is 0 Å². The Labute approximate surface area is 152 Å². The van der Waals surface area contributed by atoms with E-state index < -0.39 is 7.92 Å². The van der Waals surface area contributed by atoms with Gasteiger partial charge >= 0.3 is 0 Å². The molecule has 1 atom stereocenters. The number of benzene rings is 3. The summed E-state index contributed by atoms with van der Waals surface area (Å²) in [4.78, 5) is 0. The van der Waals surface area contributed by atoms with Crippen LogP contribution in [0.3, 0.4) is 0 Å². The second kappa shape index (κ2) is 8.43. The van der Waals surface area contributed by atoms with Crippen LogP contribution in [0.2, 0.25) is 0 Å². The summed E-state index contributed by atoms with van der Waals surface area (Å²) in [6, 6.07) is 28.7. The molecule has 128 valence electrons. The van der Waals surface area contributed by atoms with E-state index in [-0.39, 0.29) is 6.04 Å². The molecule has 0 saturated heterocycles. The van der Waals surface area contributed by atoms with Gasteiger partial charge in [-0.25, -0.2) is 0 Å². The van der Waals surface area contributed by atoms with Crippen molar-refractivity contribution in [3.63, 3.8) is 0 Å². The number of nitrogens with two attached hydrogens (primary N) is 1. The lowest BCUT2D eigenvalue weighted by Gasteiger charge is -2.23. The molecule has 0 spiro atoms. The average molecular weight is 347 g/mol. The van der Waals surface area contributed by atoms with Gasteiger partial charge in [0, 0.05) is 6.04 Å². The van der Waals surface area contributed by atoms with Crippen LogP contribution in [0.25, 0.3) is 0 Å². The van der Waals surface area contributed by atoms with Gasteiger partial charge in [0.15, 0.2) is 0 Å². The zero-order valence-corrected chi connectivity index (χ0v) is 15.9. The molecule has 0 aliphatic heterocycles. The molecule has 0 fully saturated rings. The normalized spacial score (nSPS) is 12.3. The maximum absolute atomic E-state index is 6.56. The molecular formula is C23H26NP. The van der Waals surface area contributed by atoms with Crippen molar-refractivity contribution >= 4 is 18.5 Å². The molecule has 0 amide bonds. The van der Waals surface area contributed by atoms with Gasteiger partial charge in [0.1, 0.15) is 0 Å². The van der Waals surface area contributed by atoms with E-state index in [0.717, 1.165) is 12.6 Å². The van der Waals surface area contributed by atoms with Gasteiger partial charge in [0.2, 0.25) is 0 Å². The first-order valence-electron chi connectivity index (χ1n) is 8.82. The van der Waals surface area contributed by atoms with Gasteiger partial charge in [-0.05, 0) is 50.5 Å². The summed E-state index contributed by atoms with van der Waals surface area (Å²) in [5.41, 5.74) is 10.5. The van der Waals surface area contributed by atoms with E-state index in [1.165, 1.54) is 27.3 Å². The fraction of sp³-hybridized carbons (Fsp3) is 0.217. The quantitative estimate of drug-likeness (QED) is 0.661. The van der Waals surface area contributed by atoms with Gasteiger partial charge in [-0.2, -0.15) is 0 Å². The first-order valence-corrected chi connectivity index (χ1v) is 10.3. The van der Waals surface area contributed by atoms with Crippen LogP contribution in [-0.4, -0.2) is 12.2 Å². The van der Waals surface area contributed by atoms with Crippen molar-refractivity contribution in [3.8, 4) is 0 Å². The zero-order valence-electron chi connectivity index (χ0n) is 15.0. The van der Waals surface area contributed by atoms with Crippen LogP contribution in [-0.2, 0) is 6.42 Å². The Balaban J connectivity index is 1.83. The van der Waals surface area contributed by atoms with Crippen LogP contribution < -0.4 is 16.3 Å². The van der Waals surface area contributed by atoms with Crippen molar-refractivity contribution in [1.29, 1.82) is 0 Å². The van der Waals surface area contributed by atoms with Gasteiger partial charge in [-0.15, -0.1) is 0 Å². The van der Waals surface area contributed by atoms with Gasteiger partial charge in [-0.1, -0.05) is 90.0 Å². The SMILES string of the molecule is Cc1ccc(P(C[C@@H](N)Cc2ccccc2)c2ccc(C)cc2)cc1. The lowest BCUT2D eigenvalue weighted by molar-refractivity contribution is 0.746. The van der Waals surface area contributed by atoms with Crippen LogP contribution >= 0.6 is 7.92 Å². The molecule has 0 bridgehead atoms. The van der Waals surface area contributed by atoms with E-state index in [0.29, 0.717) is 0 Å². The Bertz CT molecular complexity index is 733. The van der Waals surface area contributed by atoms with E-state index in [1.807, 2.05) is 0 Å². The minimum atomic E-state index is -0.436. The minimum Gasteiger partial charge on any atom is -0.327 e. The first kappa shape index (κ1) is 17.9. The number of rotatable bonds is 6. The Kier molecular flexibility index (Phi) is 6.02. The highest BCUT2D eigenvalue weighted by Crippen LogP contribution is 2.34. The van der Waals surface area contributed by atoms with Crippen molar-refractivity contribution in [2.45, 2.75) is 26.3 Å². The van der Waals surface area contributed by atoms with Gasteiger partial charge in [0.25, 0.3) is 0 Å². The van der Waals surface area contributed by atoms with Gasteiger partial charge in [0.05, 0.1) is 0 Å². The summed E-state index contributed by atoms with van der Waals surface area (Å²) in [7, 11) is -0.436. The van der Waals surface area contributed by atoms with Gasteiger partial charge < -0.3 is 5.73 Å². The topological polar surface area (TPSA) is 26.0 Å². The fourth-order valence-electron chi connectivity index (χ4n) is 3.03. The molecule has 1 nitrogen and oxygen atoms in total. The summed E-state index contributed by atoms with van der Waals surface area (Å²) in [5.74, 6) is 0. The molecule has 0 radical (unpaired) electrons. The zero-order chi connectivity index (χ0) is 17.6. The Hall–Kier alpha value is -1.95. The highest BCUT2D eigenvalue weighted by atomic mass is 31.1. The molecule has 2 heteroatoms. The van der Waals surface area contributed by atoms with Crippen molar-refractivity contribution < 1.29 is 0 Å². The standard InChI is InChI=1S/C23H26NP/c1-18-8-12-22(13-9-18)25(23-14-10-19(2)11-15-23)17-21(24)16-20-6-4-3-5-7-20/h3-15,21H,16-17,24H2,1-2H3/t21-/m0/s1. The number of hydrogen-bond donors (Lipinski definition) is 1. The predicted molar refractivity (Wildman–Crippen MR) is 112 cm³/mol. The highest BCUT2D eigenvalue weighted by molar-refractivity contribution is 7.73. The smallest absolute Gasteiger partial charge is 0.0125 e. The van der Waals surface area contributed by atoms with Crippen molar-refractivity contribution in [2.75, 3.05) is 6.16 Å². The molecule has 0 aliphatic rings. The molecule has 25 heavy (non-hydrogen) atoms. The van der Waals surface area contributed by atoms with E-state index in [1.54, 1.807) is 0 Å². The molecule has 3 aromatic carbocycles. The second-order valence-corrected chi connectivity index (χ2v) is 8.99. The molecule has 0 heterocycles. The molecule has 3 aromatic rings. The summed E-state index contributed by atoms with van der Waals surface area (Å²) in [6.45, 7) is 4.28. The van der Waals surface area contributed by atoms with Crippen LogP contribution in [0.1, 0.15) is 16.7 Å². The molecule has 2 N–H and O–H groups in total. The Morgan fingerprint density at radius 2 is 1.20 bits per heavy atom. The van der Waals surface area contributed by atoms with E-state index in [9.17, 15) is 0 Å². The Morgan fingerprint density at radius 3 is 1.68 bits per heavy atom. The maximum Gasteiger partial charge on any atom is 0.0125 e. The summed E-state index contributed by atoms with van der Waals surface area (Å²) >= 11 is 0. The van der Waals surface area contributed by atoms with Crippen LogP contribution in [0.15, 0.2) is 78.9 Å². The maximum atomic E-state index is 6.56. The second-order valence-electron chi connectivity index (χ2n) is 6.73. The van der Waals surface area contributed by atoms with Crippen molar-refractivity contribution in [1.82, 2.24) is 0 Å². The first-order chi connectivity index (χ1) is 12.1. The third-order valence-electron chi connectivity index (χ3n) is 4.45. The highest BCUT2D eigenvalue weighted by Gasteiger charge is 2.18. The molecular weight excluding hydrogens is 321 g/mol. The molecule has 0 saturated carbocycles. The molecule has 3 rings (SSSR count). The molecule has 0 aliphatic carbocycles. The lowest BCUT2D eigenvalue weighted by atomic mass is 10.1. The lowest BCUT2D eigenvalue weighted by Crippen LogP contribution is -2.30. The third-order valence-corrected chi connectivity index (χ3v) is 7.13. The van der Waals surface area contributed by atoms with E-state index in [2.05, 4.69) is 92.7 Å². The van der Waals surface area contributed by atoms with Crippen molar-refractivity contribution in [2.24, 2.45) is 5.73 Å².